The fraction of sp³-hybridized carbons (Fsp3) is 0.0526. The second-order valence-corrected chi connectivity index (χ2v) is 6.23. The van der Waals surface area contributed by atoms with Crippen molar-refractivity contribution < 1.29 is 13.2 Å². The van der Waals surface area contributed by atoms with E-state index in [1.165, 1.54) is 0 Å². The van der Waals surface area contributed by atoms with Gasteiger partial charge in [-0.2, -0.15) is 0 Å². The van der Waals surface area contributed by atoms with Crippen LogP contribution in [0.3, 0.4) is 0 Å². The third-order valence-electron chi connectivity index (χ3n) is 3.87. The summed E-state index contributed by atoms with van der Waals surface area (Å²) < 4.78 is 42.7. The monoisotopic (exact) mass is 391 g/mol. The zero-order chi connectivity index (χ0) is 17.4. The Bertz CT molecular complexity index is 862. The van der Waals surface area contributed by atoms with Crippen LogP contribution in [0, 0.1) is 17.5 Å². The lowest BCUT2D eigenvalue weighted by Gasteiger charge is -2.31. The lowest BCUT2D eigenvalue weighted by molar-refractivity contribution is 0.525. The van der Waals surface area contributed by atoms with Gasteiger partial charge in [0.15, 0.2) is 0 Å². The highest BCUT2D eigenvalue weighted by Crippen LogP contribution is 2.41. The minimum atomic E-state index is -0.956. The summed E-state index contributed by atoms with van der Waals surface area (Å²) in [5.74, 6) is -2.87. The summed E-state index contributed by atoms with van der Waals surface area (Å²) in [6, 6.07) is 10.6. The summed E-state index contributed by atoms with van der Waals surface area (Å²) in [4.78, 5) is 1.59. The van der Waals surface area contributed by atoms with Crippen LogP contribution in [-0.2, 0) is 0 Å². The Morgan fingerprint density at radius 3 is 2.17 bits per heavy atom. The SMILES string of the molecule is C=C1C(Br)=CC(c2ccccc2)=C(c2c(F)cc(F)cc2F)N1C. The van der Waals surface area contributed by atoms with Gasteiger partial charge in [-0.1, -0.05) is 36.9 Å². The van der Waals surface area contributed by atoms with Gasteiger partial charge in [0, 0.05) is 34.9 Å². The van der Waals surface area contributed by atoms with Gasteiger partial charge in [0.05, 0.1) is 11.3 Å². The fourth-order valence-electron chi connectivity index (χ4n) is 2.66. The summed E-state index contributed by atoms with van der Waals surface area (Å²) in [7, 11) is 1.66. The van der Waals surface area contributed by atoms with E-state index >= 15 is 0 Å². The molecular weight excluding hydrogens is 379 g/mol. The van der Waals surface area contributed by atoms with Gasteiger partial charge in [0.2, 0.25) is 0 Å². The van der Waals surface area contributed by atoms with E-state index in [0.29, 0.717) is 33.6 Å². The molecule has 2 aromatic rings. The van der Waals surface area contributed by atoms with E-state index in [2.05, 4.69) is 22.5 Å². The predicted octanol–water partition coefficient (Wildman–Crippen LogP) is 5.71. The summed E-state index contributed by atoms with van der Waals surface area (Å²) in [6.07, 6.45) is 1.76. The maximum Gasteiger partial charge on any atom is 0.138 e. The van der Waals surface area contributed by atoms with Crippen LogP contribution in [0.15, 0.2) is 65.3 Å². The molecule has 2 aromatic carbocycles. The Kier molecular flexibility index (Phi) is 4.37. The molecule has 0 radical (unpaired) electrons. The molecule has 0 fully saturated rings. The number of hydrogen-bond acceptors (Lipinski definition) is 1. The first-order chi connectivity index (χ1) is 11.4. The topological polar surface area (TPSA) is 3.24 Å². The molecule has 0 spiro atoms. The number of benzene rings is 2. The molecule has 122 valence electrons. The third kappa shape index (κ3) is 2.80. The summed E-state index contributed by atoms with van der Waals surface area (Å²) in [5.41, 5.74) is 1.96. The van der Waals surface area contributed by atoms with E-state index < -0.39 is 17.5 Å². The number of hydrogen-bond donors (Lipinski definition) is 0. The highest BCUT2D eigenvalue weighted by Gasteiger charge is 2.27. The van der Waals surface area contributed by atoms with E-state index in [9.17, 15) is 13.2 Å². The van der Waals surface area contributed by atoms with Crippen LogP contribution in [0.4, 0.5) is 13.2 Å². The van der Waals surface area contributed by atoms with Crippen molar-refractivity contribution in [2.45, 2.75) is 0 Å². The van der Waals surface area contributed by atoms with Crippen LogP contribution in [0.2, 0.25) is 0 Å². The largest absolute Gasteiger partial charge is 0.343 e. The molecule has 0 N–H and O–H groups in total. The summed E-state index contributed by atoms with van der Waals surface area (Å²) in [5, 5.41) is 0. The average molecular weight is 392 g/mol. The van der Waals surface area contributed by atoms with Crippen molar-refractivity contribution in [3.8, 4) is 0 Å². The zero-order valence-corrected chi connectivity index (χ0v) is 14.4. The molecule has 24 heavy (non-hydrogen) atoms. The average Bonchev–Trinajstić information content (AvgIpc) is 2.54. The summed E-state index contributed by atoms with van der Waals surface area (Å²) >= 11 is 3.42. The van der Waals surface area contributed by atoms with Crippen molar-refractivity contribution in [2.75, 3.05) is 7.05 Å². The minimum Gasteiger partial charge on any atom is -0.343 e. The Morgan fingerprint density at radius 1 is 1.00 bits per heavy atom. The smallest absolute Gasteiger partial charge is 0.138 e. The number of halogens is 4. The molecule has 0 amide bonds. The highest BCUT2D eigenvalue weighted by atomic mass is 79.9. The van der Waals surface area contributed by atoms with Crippen molar-refractivity contribution in [3.63, 3.8) is 0 Å². The Morgan fingerprint density at radius 2 is 1.58 bits per heavy atom. The lowest BCUT2D eigenvalue weighted by atomic mass is 9.94. The van der Waals surface area contributed by atoms with Gasteiger partial charge in [-0.3, -0.25) is 0 Å². The van der Waals surface area contributed by atoms with Crippen LogP contribution < -0.4 is 0 Å². The predicted molar refractivity (Wildman–Crippen MR) is 93.5 cm³/mol. The molecule has 1 aliphatic rings. The van der Waals surface area contributed by atoms with Crippen molar-refractivity contribution in [1.82, 2.24) is 4.90 Å². The molecule has 5 heteroatoms. The van der Waals surface area contributed by atoms with E-state index in [-0.39, 0.29) is 5.56 Å². The van der Waals surface area contributed by atoms with Crippen LogP contribution in [0.5, 0.6) is 0 Å². The molecule has 0 atom stereocenters. The lowest BCUT2D eigenvalue weighted by Crippen LogP contribution is -2.22. The van der Waals surface area contributed by atoms with Crippen molar-refractivity contribution in [1.29, 1.82) is 0 Å². The molecule has 1 heterocycles. The van der Waals surface area contributed by atoms with Crippen LogP contribution >= 0.6 is 15.9 Å². The first kappa shape index (κ1) is 16.6. The Balaban J connectivity index is 2.36. The molecule has 1 nitrogen and oxygen atoms in total. The molecule has 1 aliphatic heterocycles. The van der Waals surface area contributed by atoms with E-state index in [1.807, 2.05) is 30.3 Å². The van der Waals surface area contributed by atoms with Crippen LogP contribution in [0.25, 0.3) is 11.3 Å². The van der Waals surface area contributed by atoms with Crippen LogP contribution in [0.1, 0.15) is 11.1 Å². The number of rotatable bonds is 2. The van der Waals surface area contributed by atoms with E-state index in [0.717, 1.165) is 5.56 Å². The Hall–Kier alpha value is -2.27. The molecular formula is C19H13BrF3N. The fourth-order valence-corrected chi connectivity index (χ4v) is 3.16. The molecule has 0 saturated carbocycles. The zero-order valence-electron chi connectivity index (χ0n) is 12.8. The molecule has 0 bridgehead atoms. The number of likely N-dealkylation sites (N-methyl/N-ethyl adjacent to an activating group) is 1. The second kappa shape index (κ2) is 6.32. The van der Waals surface area contributed by atoms with Gasteiger partial charge in [-0.05, 0) is 27.6 Å². The highest BCUT2D eigenvalue weighted by molar-refractivity contribution is 9.12. The maximum atomic E-state index is 14.4. The van der Waals surface area contributed by atoms with Gasteiger partial charge >= 0.3 is 0 Å². The van der Waals surface area contributed by atoms with Gasteiger partial charge in [-0.15, -0.1) is 0 Å². The van der Waals surface area contributed by atoms with Crippen molar-refractivity contribution in [3.05, 3.63) is 93.9 Å². The normalized spacial score (nSPS) is 15.0. The van der Waals surface area contributed by atoms with Gasteiger partial charge in [0.1, 0.15) is 17.5 Å². The van der Waals surface area contributed by atoms with Crippen LogP contribution in [-0.4, -0.2) is 11.9 Å². The van der Waals surface area contributed by atoms with Gasteiger partial charge in [-0.25, -0.2) is 13.2 Å². The minimum absolute atomic E-state index is 0.282. The first-order valence-electron chi connectivity index (χ1n) is 7.15. The second-order valence-electron chi connectivity index (χ2n) is 5.37. The van der Waals surface area contributed by atoms with Crippen molar-refractivity contribution in [2.24, 2.45) is 0 Å². The molecule has 3 rings (SSSR count). The maximum absolute atomic E-state index is 14.4. The quantitative estimate of drug-likeness (QED) is 0.633. The van der Waals surface area contributed by atoms with E-state index in [1.54, 1.807) is 18.0 Å². The van der Waals surface area contributed by atoms with Gasteiger partial charge in [0.25, 0.3) is 0 Å². The molecule has 0 unspecified atom stereocenters. The molecule has 0 aromatic heterocycles. The number of allylic oxidation sites excluding steroid dienone is 3. The van der Waals surface area contributed by atoms with E-state index in [4.69, 9.17) is 0 Å². The van der Waals surface area contributed by atoms with Gasteiger partial charge < -0.3 is 4.90 Å². The summed E-state index contributed by atoms with van der Waals surface area (Å²) in [6.45, 7) is 3.91. The molecule has 0 aliphatic carbocycles. The first-order valence-corrected chi connectivity index (χ1v) is 7.94. The number of nitrogens with zero attached hydrogens (tertiary/aromatic N) is 1. The molecule has 0 saturated heterocycles. The standard InChI is InChI=1S/C19H13BrF3N/c1-11-15(20)10-14(12-6-4-3-5-7-12)19(24(11)2)18-16(22)8-13(21)9-17(18)23/h3-10H,1H2,2H3. The Labute approximate surface area is 146 Å². The third-order valence-corrected chi connectivity index (χ3v) is 4.56. The van der Waals surface area contributed by atoms with Crippen molar-refractivity contribution >= 4 is 27.2 Å².